The van der Waals surface area contributed by atoms with E-state index in [2.05, 4.69) is 16.0 Å². The van der Waals surface area contributed by atoms with Crippen LogP contribution in [0.3, 0.4) is 0 Å². The zero-order valence-corrected chi connectivity index (χ0v) is 12.0. The second kappa shape index (κ2) is 7.28. The lowest BCUT2D eigenvalue weighted by molar-refractivity contribution is 0.922. The highest BCUT2D eigenvalue weighted by Crippen LogP contribution is 2.22. The lowest BCUT2D eigenvalue weighted by Crippen LogP contribution is -2.14. The van der Waals surface area contributed by atoms with Gasteiger partial charge in [-0.1, -0.05) is 42.1 Å². The van der Waals surface area contributed by atoms with Crippen molar-refractivity contribution in [2.45, 2.75) is 18.0 Å². The number of rotatable bonds is 5. The topological polar surface area (TPSA) is 93.3 Å². The molecule has 5 nitrogen and oxygen atoms in total. The van der Waals surface area contributed by atoms with E-state index in [0.29, 0.717) is 23.0 Å². The van der Waals surface area contributed by atoms with Gasteiger partial charge < -0.3 is 4.98 Å². The van der Waals surface area contributed by atoms with E-state index in [4.69, 9.17) is 10.5 Å². The van der Waals surface area contributed by atoms with Crippen LogP contribution in [0.2, 0.25) is 0 Å². The molecule has 0 aliphatic rings. The van der Waals surface area contributed by atoms with Crippen LogP contribution in [-0.4, -0.2) is 15.7 Å². The maximum atomic E-state index is 12.0. The fourth-order valence-electron chi connectivity index (χ4n) is 1.75. The molecule has 1 aromatic carbocycles. The SMILES string of the molecule is N#CCCCSc1nc(-c2ccccc2)c(C#N)c(=O)[nH]1. The lowest BCUT2D eigenvalue weighted by atomic mass is 10.1. The summed E-state index contributed by atoms with van der Waals surface area (Å²) in [6, 6.07) is 13.1. The van der Waals surface area contributed by atoms with Crippen LogP contribution < -0.4 is 5.56 Å². The van der Waals surface area contributed by atoms with Crippen molar-refractivity contribution in [2.75, 3.05) is 5.75 Å². The minimum atomic E-state index is -0.436. The molecular weight excluding hydrogens is 284 g/mol. The zero-order chi connectivity index (χ0) is 15.1. The number of thioether (sulfide) groups is 1. The molecule has 0 radical (unpaired) electrons. The highest BCUT2D eigenvalue weighted by Gasteiger charge is 2.13. The molecule has 0 saturated carbocycles. The minimum absolute atomic E-state index is 0.0163. The van der Waals surface area contributed by atoms with Crippen molar-refractivity contribution in [3.63, 3.8) is 0 Å². The molecule has 0 aliphatic heterocycles. The second-order valence-corrected chi connectivity index (χ2v) is 5.27. The molecule has 21 heavy (non-hydrogen) atoms. The Bertz CT molecular complexity index is 756. The summed E-state index contributed by atoms with van der Waals surface area (Å²) >= 11 is 1.38. The Morgan fingerprint density at radius 3 is 2.67 bits per heavy atom. The molecule has 1 N–H and O–H groups in total. The van der Waals surface area contributed by atoms with Crippen LogP contribution in [0.1, 0.15) is 18.4 Å². The van der Waals surface area contributed by atoms with Gasteiger partial charge in [-0.15, -0.1) is 0 Å². The van der Waals surface area contributed by atoms with Gasteiger partial charge in [0.2, 0.25) is 0 Å². The quantitative estimate of drug-likeness (QED) is 0.520. The predicted octanol–water partition coefficient (Wildman–Crippen LogP) is 2.70. The largest absolute Gasteiger partial charge is 0.300 e. The average molecular weight is 296 g/mol. The van der Waals surface area contributed by atoms with E-state index >= 15 is 0 Å². The van der Waals surface area contributed by atoms with Gasteiger partial charge in [0.05, 0.1) is 11.8 Å². The molecule has 0 spiro atoms. The predicted molar refractivity (Wildman–Crippen MR) is 80.6 cm³/mol. The summed E-state index contributed by atoms with van der Waals surface area (Å²) in [6.45, 7) is 0. The highest BCUT2D eigenvalue weighted by atomic mass is 32.2. The lowest BCUT2D eigenvalue weighted by Gasteiger charge is -2.05. The Labute approximate surface area is 126 Å². The summed E-state index contributed by atoms with van der Waals surface area (Å²) < 4.78 is 0. The summed E-state index contributed by atoms with van der Waals surface area (Å²) in [5, 5.41) is 18.1. The molecule has 0 saturated heterocycles. The monoisotopic (exact) mass is 296 g/mol. The molecule has 0 amide bonds. The number of nitriles is 2. The molecule has 0 unspecified atom stereocenters. The minimum Gasteiger partial charge on any atom is -0.300 e. The van der Waals surface area contributed by atoms with E-state index in [1.807, 2.05) is 36.4 Å². The molecule has 1 aromatic heterocycles. The summed E-state index contributed by atoms with van der Waals surface area (Å²) in [6.07, 6.45) is 1.20. The smallest absolute Gasteiger partial charge is 0.270 e. The Morgan fingerprint density at radius 1 is 1.24 bits per heavy atom. The van der Waals surface area contributed by atoms with Crippen molar-refractivity contribution < 1.29 is 0 Å². The standard InChI is InChI=1S/C15H12N4OS/c16-8-4-5-9-21-15-18-13(11-6-2-1-3-7-11)12(10-17)14(20)19-15/h1-3,6-7H,4-5,9H2,(H,18,19,20). The van der Waals surface area contributed by atoms with Crippen LogP contribution in [0, 0.1) is 22.7 Å². The first-order valence-electron chi connectivity index (χ1n) is 6.36. The number of aromatic amines is 1. The fourth-order valence-corrected chi connectivity index (χ4v) is 2.55. The number of hydrogen-bond donors (Lipinski definition) is 1. The van der Waals surface area contributed by atoms with Crippen molar-refractivity contribution in [3.8, 4) is 23.4 Å². The summed E-state index contributed by atoms with van der Waals surface area (Å²) in [5.41, 5.74) is 0.709. The number of H-pyrrole nitrogens is 1. The van der Waals surface area contributed by atoms with Gasteiger partial charge >= 0.3 is 0 Å². The Balaban J connectivity index is 2.35. The number of nitrogens with zero attached hydrogens (tertiary/aromatic N) is 3. The number of aromatic nitrogens is 2. The van der Waals surface area contributed by atoms with E-state index in [1.54, 1.807) is 0 Å². The molecule has 1 heterocycles. The normalized spacial score (nSPS) is 9.81. The Kier molecular flexibility index (Phi) is 5.14. The van der Waals surface area contributed by atoms with Crippen molar-refractivity contribution >= 4 is 11.8 Å². The summed E-state index contributed by atoms with van der Waals surface area (Å²) in [7, 11) is 0. The fraction of sp³-hybridized carbons (Fsp3) is 0.200. The third-order valence-corrected chi connectivity index (χ3v) is 3.69. The number of unbranched alkanes of at least 4 members (excludes halogenated alkanes) is 1. The van der Waals surface area contributed by atoms with Crippen molar-refractivity contribution in [2.24, 2.45) is 0 Å². The van der Waals surface area contributed by atoms with E-state index in [1.165, 1.54) is 11.8 Å². The molecule has 0 fully saturated rings. The van der Waals surface area contributed by atoms with E-state index in [0.717, 1.165) is 12.0 Å². The number of nitrogens with one attached hydrogen (secondary N) is 1. The maximum absolute atomic E-state index is 12.0. The van der Waals surface area contributed by atoms with Gasteiger partial charge in [0.25, 0.3) is 5.56 Å². The van der Waals surface area contributed by atoms with E-state index in [-0.39, 0.29) is 5.56 Å². The van der Waals surface area contributed by atoms with Crippen molar-refractivity contribution in [1.29, 1.82) is 10.5 Å². The van der Waals surface area contributed by atoms with Gasteiger partial charge in [-0.2, -0.15) is 10.5 Å². The van der Waals surface area contributed by atoms with Crippen LogP contribution in [0.5, 0.6) is 0 Å². The highest BCUT2D eigenvalue weighted by molar-refractivity contribution is 7.99. The molecule has 104 valence electrons. The second-order valence-electron chi connectivity index (χ2n) is 4.18. The van der Waals surface area contributed by atoms with Gasteiger partial charge in [0, 0.05) is 17.7 Å². The van der Waals surface area contributed by atoms with Gasteiger partial charge in [-0.25, -0.2) is 4.98 Å². The Hall–Kier alpha value is -2.57. The molecular formula is C15H12N4OS. The Morgan fingerprint density at radius 2 is 2.00 bits per heavy atom. The van der Waals surface area contributed by atoms with Gasteiger partial charge in [-0.3, -0.25) is 4.79 Å². The zero-order valence-electron chi connectivity index (χ0n) is 11.2. The van der Waals surface area contributed by atoms with Crippen LogP contribution in [0.15, 0.2) is 40.3 Å². The van der Waals surface area contributed by atoms with Gasteiger partial charge in [0.15, 0.2) is 5.16 Å². The first kappa shape index (κ1) is 14.8. The number of benzene rings is 1. The van der Waals surface area contributed by atoms with Gasteiger partial charge in [0.1, 0.15) is 11.6 Å². The molecule has 0 bridgehead atoms. The third-order valence-electron chi connectivity index (χ3n) is 2.73. The van der Waals surface area contributed by atoms with Crippen molar-refractivity contribution in [1.82, 2.24) is 9.97 Å². The average Bonchev–Trinajstić information content (AvgIpc) is 2.52. The molecule has 0 aliphatic carbocycles. The molecule has 2 rings (SSSR count). The first-order chi connectivity index (χ1) is 10.3. The molecule has 0 atom stereocenters. The summed E-state index contributed by atoms with van der Waals surface area (Å²) in [5.74, 6) is 0.691. The maximum Gasteiger partial charge on any atom is 0.270 e. The van der Waals surface area contributed by atoms with Gasteiger partial charge in [-0.05, 0) is 6.42 Å². The van der Waals surface area contributed by atoms with Crippen LogP contribution >= 0.6 is 11.8 Å². The molecule has 6 heteroatoms. The number of hydrogen-bond acceptors (Lipinski definition) is 5. The van der Waals surface area contributed by atoms with Crippen molar-refractivity contribution in [3.05, 3.63) is 46.2 Å². The third kappa shape index (κ3) is 3.71. The molecule has 2 aromatic rings. The first-order valence-corrected chi connectivity index (χ1v) is 7.34. The van der Waals surface area contributed by atoms with Crippen LogP contribution in [-0.2, 0) is 0 Å². The van der Waals surface area contributed by atoms with E-state index in [9.17, 15) is 4.79 Å². The van der Waals surface area contributed by atoms with E-state index < -0.39 is 5.56 Å². The van der Waals surface area contributed by atoms with Crippen LogP contribution in [0.4, 0.5) is 0 Å². The van der Waals surface area contributed by atoms with Crippen LogP contribution in [0.25, 0.3) is 11.3 Å². The summed E-state index contributed by atoms with van der Waals surface area (Å²) in [4.78, 5) is 18.9.